The second kappa shape index (κ2) is 7.37. The Kier molecular flexibility index (Phi) is 5.88. The summed E-state index contributed by atoms with van der Waals surface area (Å²) in [5.74, 6) is -1.64. The van der Waals surface area contributed by atoms with Crippen LogP contribution in [0, 0.1) is 5.41 Å². The molecule has 0 bridgehead atoms. The van der Waals surface area contributed by atoms with Crippen LogP contribution in [-0.2, 0) is 14.3 Å². The zero-order chi connectivity index (χ0) is 18.0. The van der Waals surface area contributed by atoms with Gasteiger partial charge in [0, 0.05) is 16.7 Å². The Bertz CT molecular complexity index is 539. The summed E-state index contributed by atoms with van der Waals surface area (Å²) < 4.78 is 43.7. The average Bonchev–Trinajstić information content (AvgIpc) is 2.99. The quantitative estimate of drug-likeness (QED) is 0.702. The van der Waals surface area contributed by atoms with Crippen LogP contribution in [0.5, 0.6) is 0 Å². The molecule has 1 atom stereocenters. The number of Topliss-reactive ketones (excluding diaryl/α,β-unsaturated/α-hetero) is 1. The van der Waals surface area contributed by atoms with Gasteiger partial charge in [-0.2, -0.15) is 24.9 Å². The van der Waals surface area contributed by atoms with Crippen molar-refractivity contribution in [2.75, 3.05) is 19.1 Å². The number of carbonyl (C=O) groups is 2. The highest BCUT2D eigenvalue weighted by Crippen LogP contribution is 2.57. The van der Waals surface area contributed by atoms with E-state index in [1.54, 1.807) is 0 Å². The number of esters is 1. The van der Waals surface area contributed by atoms with Gasteiger partial charge in [-0.25, -0.2) is 4.79 Å². The van der Waals surface area contributed by atoms with Gasteiger partial charge in [-0.3, -0.25) is 4.79 Å². The van der Waals surface area contributed by atoms with Crippen LogP contribution in [0.25, 0.3) is 0 Å². The maximum Gasteiger partial charge on any atom is 0.454 e. The molecule has 0 amide bonds. The SMILES string of the molecule is COC(=O)C(CCSC)NC1=C(C(=O)C(F)(F)F)C2(CCCC2)C1. The number of allylic oxidation sites excluding steroid dienone is 2. The fourth-order valence-corrected chi connectivity index (χ4v) is 4.16. The van der Waals surface area contributed by atoms with Crippen molar-refractivity contribution in [2.45, 2.75) is 50.7 Å². The van der Waals surface area contributed by atoms with Crippen molar-refractivity contribution in [3.63, 3.8) is 0 Å². The van der Waals surface area contributed by atoms with Crippen molar-refractivity contribution in [3.8, 4) is 0 Å². The Balaban J connectivity index is 2.26. The molecule has 1 fully saturated rings. The van der Waals surface area contributed by atoms with E-state index in [1.165, 1.54) is 18.9 Å². The third-order valence-electron chi connectivity index (χ3n) is 4.84. The minimum absolute atomic E-state index is 0.162. The van der Waals surface area contributed by atoms with E-state index < -0.39 is 29.4 Å². The highest BCUT2D eigenvalue weighted by atomic mass is 32.2. The lowest BCUT2D eigenvalue weighted by atomic mass is 9.63. The predicted molar refractivity (Wildman–Crippen MR) is 85.5 cm³/mol. The maximum absolute atomic E-state index is 13.0. The molecular weight excluding hydrogens is 343 g/mol. The summed E-state index contributed by atoms with van der Waals surface area (Å²) in [6.07, 6.45) is 0.672. The molecule has 0 radical (unpaired) electrons. The van der Waals surface area contributed by atoms with Gasteiger partial charge >= 0.3 is 12.1 Å². The maximum atomic E-state index is 13.0. The molecule has 1 N–H and O–H groups in total. The molecule has 2 aliphatic carbocycles. The number of alkyl halides is 3. The van der Waals surface area contributed by atoms with Gasteiger partial charge in [-0.05, 0) is 37.7 Å². The number of halogens is 3. The van der Waals surface area contributed by atoms with E-state index in [2.05, 4.69) is 5.32 Å². The Morgan fingerprint density at radius 3 is 2.46 bits per heavy atom. The Labute approximate surface area is 143 Å². The standard InChI is InChI=1S/C16H22F3NO3S/c1-23-14(22)10(5-8-24-2)20-11-9-15(6-3-4-7-15)12(11)13(21)16(17,18)19/h10,20H,3-9H2,1-2H3. The van der Waals surface area contributed by atoms with Crippen molar-refractivity contribution < 1.29 is 27.5 Å². The van der Waals surface area contributed by atoms with Crippen LogP contribution in [0.2, 0.25) is 0 Å². The first-order valence-corrected chi connectivity index (χ1v) is 9.33. The molecule has 0 aromatic heterocycles. The number of methoxy groups -OCH3 is 1. The molecule has 4 nitrogen and oxygen atoms in total. The summed E-state index contributed by atoms with van der Waals surface area (Å²) in [5, 5.41) is 2.86. The van der Waals surface area contributed by atoms with E-state index in [-0.39, 0.29) is 11.3 Å². The average molecular weight is 365 g/mol. The molecule has 136 valence electrons. The number of hydrogen-bond acceptors (Lipinski definition) is 5. The third kappa shape index (κ3) is 3.73. The van der Waals surface area contributed by atoms with E-state index in [9.17, 15) is 22.8 Å². The van der Waals surface area contributed by atoms with E-state index in [0.717, 1.165) is 12.8 Å². The monoisotopic (exact) mass is 365 g/mol. The van der Waals surface area contributed by atoms with Crippen LogP contribution in [0.4, 0.5) is 13.2 Å². The molecule has 0 aromatic rings. The molecule has 1 saturated carbocycles. The topological polar surface area (TPSA) is 55.4 Å². The van der Waals surface area contributed by atoms with Gasteiger partial charge in [0.15, 0.2) is 0 Å². The van der Waals surface area contributed by atoms with Crippen LogP contribution in [0.3, 0.4) is 0 Å². The van der Waals surface area contributed by atoms with Crippen LogP contribution in [0.1, 0.15) is 38.5 Å². The molecule has 0 heterocycles. The van der Waals surface area contributed by atoms with Gasteiger partial charge < -0.3 is 10.1 Å². The normalized spacial score (nSPS) is 20.7. The number of rotatable bonds is 7. The molecule has 2 aliphatic rings. The van der Waals surface area contributed by atoms with Crippen LogP contribution < -0.4 is 5.32 Å². The summed E-state index contributed by atoms with van der Waals surface area (Å²) in [4.78, 5) is 23.8. The second-order valence-electron chi connectivity index (χ2n) is 6.35. The van der Waals surface area contributed by atoms with Gasteiger partial charge in [-0.1, -0.05) is 12.8 Å². The summed E-state index contributed by atoms with van der Waals surface area (Å²) in [6, 6.07) is -0.729. The minimum Gasteiger partial charge on any atom is -0.467 e. The van der Waals surface area contributed by atoms with Gasteiger partial charge in [-0.15, -0.1) is 0 Å². The van der Waals surface area contributed by atoms with E-state index in [4.69, 9.17) is 4.74 Å². The highest BCUT2D eigenvalue weighted by molar-refractivity contribution is 7.98. The lowest BCUT2D eigenvalue weighted by Gasteiger charge is -2.44. The molecule has 24 heavy (non-hydrogen) atoms. The van der Waals surface area contributed by atoms with Crippen molar-refractivity contribution in [3.05, 3.63) is 11.3 Å². The lowest BCUT2D eigenvalue weighted by Crippen LogP contribution is -2.48. The van der Waals surface area contributed by atoms with Gasteiger partial charge in [0.05, 0.1) is 7.11 Å². The summed E-state index contributed by atoms with van der Waals surface area (Å²) in [5.41, 5.74) is -0.559. The number of ketones is 1. The third-order valence-corrected chi connectivity index (χ3v) is 5.48. The molecular formula is C16H22F3NO3S. The Morgan fingerprint density at radius 2 is 1.96 bits per heavy atom. The lowest BCUT2D eigenvalue weighted by molar-refractivity contribution is -0.168. The van der Waals surface area contributed by atoms with Gasteiger partial charge in [0.25, 0.3) is 5.78 Å². The molecule has 0 aliphatic heterocycles. The zero-order valence-electron chi connectivity index (χ0n) is 13.8. The number of ether oxygens (including phenoxy) is 1. The van der Waals surface area contributed by atoms with Crippen LogP contribution in [0.15, 0.2) is 11.3 Å². The first kappa shape index (κ1) is 19.1. The zero-order valence-corrected chi connectivity index (χ0v) is 14.6. The minimum atomic E-state index is -4.89. The fourth-order valence-electron chi connectivity index (χ4n) is 3.69. The smallest absolute Gasteiger partial charge is 0.454 e. The Hall–Kier alpha value is -1.18. The first-order valence-electron chi connectivity index (χ1n) is 7.93. The number of nitrogens with one attached hydrogen (secondary N) is 1. The van der Waals surface area contributed by atoms with Crippen molar-refractivity contribution in [1.29, 1.82) is 0 Å². The molecule has 1 unspecified atom stereocenters. The summed E-state index contributed by atoms with van der Waals surface area (Å²) in [6.45, 7) is 0. The van der Waals surface area contributed by atoms with Crippen molar-refractivity contribution in [2.24, 2.45) is 5.41 Å². The van der Waals surface area contributed by atoms with Crippen molar-refractivity contribution in [1.82, 2.24) is 5.32 Å². The fraction of sp³-hybridized carbons (Fsp3) is 0.750. The van der Waals surface area contributed by atoms with Crippen molar-refractivity contribution >= 4 is 23.5 Å². The van der Waals surface area contributed by atoms with Gasteiger partial charge in [0.1, 0.15) is 6.04 Å². The largest absolute Gasteiger partial charge is 0.467 e. The van der Waals surface area contributed by atoms with E-state index in [1.807, 2.05) is 6.26 Å². The highest BCUT2D eigenvalue weighted by Gasteiger charge is 2.56. The molecule has 0 saturated heterocycles. The molecule has 8 heteroatoms. The second-order valence-corrected chi connectivity index (χ2v) is 7.33. The van der Waals surface area contributed by atoms with Crippen LogP contribution in [-0.4, -0.2) is 43.1 Å². The summed E-state index contributed by atoms with van der Waals surface area (Å²) >= 11 is 1.53. The van der Waals surface area contributed by atoms with Gasteiger partial charge in [0.2, 0.25) is 0 Å². The molecule has 0 aromatic carbocycles. The molecule has 1 spiro atoms. The summed E-state index contributed by atoms with van der Waals surface area (Å²) in [7, 11) is 1.24. The van der Waals surface area contributed by atoms with E-state index >= 15 is 0 Å². The Morgan fingerprint density at radius 1 is 1.33 bits per heavy atom. The number of hydrogen-bond donors (Lipinski definition) is 1. The van der Waals surface area contributed by atoms with Crippen LogP contribution >= 0.6 is 11.8 Å². The number of carbonyl (C=O) groups excluding carboxylic acids is 2. The number of thioether (sulfide) groups is 1. The predicted octanol–water partition coefficient (Wildman–Crippen LogP) is 3.22. The first-order chi connectivity index (χ1) is 11.2. The molecule has 2 rings (SSSR count). The van der Waals surface area contributed by atoms with E-state index in [0.29, 0.717) is 31.4 Å².